The summed E-state index contributed by atoms with van der Waals surface area (Å²) in [5, 5.41) is 1.82. The summed E-state index contributed by atoms with van der Waals surface area (Å²) >= 11 is 12.0. The Kier molecular flexibility index (Phi) is 9.03. The van der Waals surface area contributed by atoms with Crippen molar-refractivity contribution in [2.75, 3.05) is 25.1 Å². The highest BCUT2D eigenvalue weighted by molar-refractivity contribution is 6.34. The van der Waals surface area contributed by atoms with Gasteiger partial charge in [0.2, 0.25) is 0 Å². The van der Waals surface area contributed by atoms with E-state index in [4.69, 9.17) is 37.4 Å². The molecule has 0 saturated carbocycles. The molecule has 32 heavy (non-hydrogen) atoms. The van der Waals surface area contributed by atoms with Gasteiger partial charge in [-0.15, -0.1) is 0 Å². The number of carbonyl (C=O) groups is 2. The van der Waals surface area contributed by atoms with Crippen LogP contribution in [0.25, 0.3) is 0 Å². The van der Waals surface area contributed by atoms with Crippen molar-refractivity contribution >= 4 is 40.8 Å². The average Bonchev–Trinajstić information content (AvgIpc) is 2.72. The lowest BCUT2D eigenvalue weighted by molar-refractivity contribution is -0.137. The van der Waals surface area contributed by atoms with Crippen LogP contribution in [0.4, 0.5) is 18.9 Å². The summed E-state index contributed by atoms with van der Waals surface area (Å²) in [6.45, 7) is 3.45. The van der Waals surface area contributed by atoms with E-state index in [9.17, 15) is 22.8 Å². The number of amides is 1. The van der Waals surface area contributed by atoms with Gasteiger partial charge < -0.3 is 19.5 Å². The number of para-hydroxylation sites is 1. The SMILES string of the molecule is CCCOc1c(Cl)cc(C(=O)OCC(=O)Nc2c(Cl)cccc2C(F)(F)F)cc1OCC. The van der Waals surface area contributed by atoms with Crippen LogP contribution in [0.2, 0.25) is 10.0 Å². The number of esters is 1. The second-order valence-electron chi connectivity index (χ2n) is 6.35. The van der Waals surface area contributed by atoms with Gasteiger partial charge in [-0.3, -0.25) is 4.79 Å². The molecule has 0 fully saturated rings. The molecule has 0 unspecified atom stereocenters. The van der Waals surface area contributed by atoms with E-state index in [0.29, 0.717) is 6.61 Å². The van der Waals surface area contributed by atoms with Crippen molar-refractivity contribution in [1.29, 1.82) is 0 Å². The van der Waals surface area contributed by atoms with Crippen LogP contribution < -0.4 is 14.8 Å². The molecule has 0 aliphatic heterocycles. The Morgan fingerprint density at radius 2 is 1.78 bits per heavy atom. The van der Waals surface area contributed by atoms with Crippen molar-refractivity contribution in [3.63, 3.8) is 0 Å². The van der Waals surface area contributed by atoms with E-state index in [1.165, 1.54) is 18.2 Å². The number of rotatable bonds is 9. The van der Waals surface area contributed by atoms with Gasteiger partial charge in [-0.05, 0) is 37.6 Å². The first-order chi connectivity index (χ1) is 15.1. The molecule has 0 aromatic heterocycles. The number of ether oxygens (including phenoxy) is 3. The van der Waals surface area contributed by atoms with Gasteiger partial charge in [0.15, 0.2) is 18.1 Å². The van der Waals surface area contributed by atoms with Crippen LogP contribution in [0.1, 0.15) is 36.2 Å². The lowest BCUT2D eigenvalue weighted by Crippen LogP contribution is -2.23. The zero-order valence-electron chi connectivity index (χ0n) is 17.1. The summed E-state index contributed by atoms with van der Waals surface area (Å²) in [7, 11) is 0. The molecule has 0 atom stereocenters. The molecule has 0 heterocycles. The van der Waals surface area contributed by atoms with Crippen molar-refractivity contribution in [1.82, 2.24) is 0 Å². The number of nitrogens with one attached hydrogen (secondary N) is 1. The molecule has 11 heteroatoms. The van der Waals surface area contributed by atoms with Gasteiger partial charge in [0, 0.05) is 0 Å². The number of carbonyl (C=O) groups excluding carboxylic acids is 2. The van der Waals surface area contributed by atoms with Crippen molar-refractivity contribution in [3.8, 4) is 11.5 Å². The number of benzene rings is 2. The largest absolute Gasteiger partial charge is 0.490 e. The van der Waals surface area contributed by atoms with Crippen LogP contribution >= 0.6 is 23.2 Å². The van der Waals surface area contributed by atoms with Crippen molar-refractivity contribution in [2.45, 2.75) is 26.4 Å². The van der Waals surface area contributed by atoms with E-state index in [2.05, 4.69) is 0 Å². The average molecular weight is 494 g/mol. The molecule has 174 valence electrons. The predicted molar refractivity (Wildman–Crippen MR) is 114 cm³/mol. The zero-order chi connectivity index (χ0) is 23.9. The van der Waals surface area contributed by atoms with E-state index in [-0.39, 0.29) is 33.7 Å². The fourth-order valence-electron chi connectivity index (χ4n) is 2.57. The zero-order valence-corrected chi connectivity index (χ0v) is 18.7. The summed E-state index contributed by atoms with van der Waals surface area (Å²) in [6.07, 6.45) is -4.01. The molecular weight excluding hydrogens is 474 g/mol. The topological polar surface area (TPSA) is 73.9 Å². The monoisotopic (exact) mass is 493 g/mol. The normalized spacial score (nSPS) is 11.1. The molecule has 0 bridgehead atoms. The first-order valence-electron chi connectivity index (χ1n) is 9.50. The van der Waals surface area contributed by atoms with E-state index in [0.717, 1.165) is 18.6 Å². The van der Waals surface area contributed by atoms with Gasteiger partial charge in [-0.1, -0.05) is 36.2 Å². The Hall–Kier alpha value is -2.65. The van der Waals surface area contributed by atoms with Crippen molar-refractivity contribution in [2.24, 2.45) is 0 Å². The molecule has 0 aliphatic rings. The van der Waals surface area contributed by atoms with E-state index in [1.807, 2.05) is 12.2 Å². The molecule has 2 rings (SSSR count). The second-order valence-corrected chi connectivity index (χ2v) is 7.17. The summed E-state index contributed by atoms with van der Waals surface area (Å²) in [4.78, 5) is 24.5. The number of alkyl halides is 3. The van der Waals surface area contributed by atoms with Gasteiger partial charge >= 0.3 is 12.1 Å². The predicted octanol–water partition coefficient (Wildman–Crippen LogP) is 6.00. The minimum Gasteiger partial charge on any atom is -0.490 e. The van der Waals surface area contributed by atoms with Gasteiger partial charge in [0.05, 0.1) is 40.1 Å². The number of hydrogen-bond acceptors (Lipinski definition) is 5. The van der Waals surface area contributed by atoms with Crippen LogP contribution in [0.15, 0.2) is 30.3 Å². The quantitative estimate of drug-likeness (QED) is 0.434. The lowest BCUT2D eigenvalue weighted by Gasteiger charge is -2.16. The summed E-state index contributed by atoms with van der Waals surface area (Å²) in [6, 6.07) is 5.70. The Morgan fingerprint density at radius 3 is 2.41 bits per heavy atom. The lowest BCUT2D eigenvalue weighted by atomic mass is 10.1. The maximum absolute atomic E-state index is 13.1. The Balaban J connectivity index is 2.12. The molecular formula is C21H20Cl2F3NO5. The molecule has 0 aliphatic carbocycles. The van der Waals surface area contributed by atoms with Crippen molar-refractivity contribution in [3.05, 3.63) is 51.5 Å². The third-order valence-corrected chi connectivity index (χ3v) is 4.51. The molecule has 2 aromatic rings. The van der Waals surface area contributed by atoms with E-state index < -0.39 is 35.9 Å². The van der Waals surface area contributed by atoms with Gasteiger partial charge in [0.1, 0.15) is 0 Å². The summed E-state index contributed by atoms with van der Waals surface area (Å²) < 4.78 is 55.3. The van der Waals surface area contributed by atoms with Crippen LogP contribution in [-0.2, 0) is 15.7 Å². The molecule has 1 N–H and O–H groups in total. The minimum absolute atomic E-state index is 0.0242. The molecule has 0 spiro atoms. The molecule has 6 nitrogen and oxygen atoms in total. The maximum atomic E-state index is 13.1. The fraction of sp³-hybridized carbons (Fsp3) is 0.333. The van der Waals surface area contributed by atoms with Gasteiger partial charge in [-0.2, -0.15) is 13.2 Å². The number of hydrogen-bond donors (Lipinski definition) is 1. The first kappa shape index (κ1) is 25.6. The molecule has 2 aromatic carbocycles. The fourth-order valence-corrected chi connectivity index (χ4v) is 3.06. The van der Waals surface area contributed by atoms with E-state index >= 15 is 0 Å². The Bertz CT molecular complexity index is 983. The molecule has 1 amide bonds. The maximum Gasteiger partial charge on any atom is 0.418 e. The van der Waals surface area contributed by atoms with Crippen molar-refractivity contribution < 1.29 is 37.0 Å². The van der Waals surface area contributed by atoms with Crippen LogP contribution in [0.3, 0.4) is 0 Å². The third-order valence-electron chi connectivity index (χ3n) is 3.91. The molecule has 0 saturated heterocycles. The molecule has 0 radical (unpaired) electrons. The highest BCUT2D eigenvalue weighted by Gasteiger charge is 2.34. The van der Waals surface area contributed by atoms with Gasteiger partial charge in [-0.25, -0.2) is 4.79 Å². The Labute approximate surface area is 192 Å². The highest BCUT2D eigenvalue weighted by Crippen LogP contribution is 2.39. The summed E-state index contributed by atoms with van der Waals surface area (Å²) in [5.74, 6) is -1.45. The van der Waals surface area contributed by atoms with E-state index in [1.54, 1.807) is 6.92 Å². The van der Waals surface area contributed by atoms with Crippen LogP contribution in [0, 0.1) is 0 Å². The van der Waals surface area contributed by atoms with Gasteiger partial charge in [0.25, 0.3) is 5.91 Å². The standard InChI is InChI=1S/C21H20Cl2F3NO5/c1-3-8-31-19-15(23)9-12(10-16(19)30-4-2)20(29)32-11-17(28)27-18-13(21(24,25)26)6-5-7-14(18)22/h5-7,9-10H,3-4,8,11H2,1-2H3,(H,27,28). The van der Waals surface area contributed by atoms with Crippen LogP contribution in [-0.4, -0.2) is 31.7 Å². The summed E-state index contributed by atoms with van der Waals surface area (Å²) in [5.41, 5.74) is -1.77. The second kappa shape index (κ2) is 11.3. The highest BCUT2D eigenvalue weighted by atomic mass is 35.5. The minimum atomic E-state index is -4.74. The first-order valence-corrected chi connectivity index (χ1v) is 10.3. The number of halogens is 5. The number of anilines is 1. The smallest absolute Gasteiger partial charge is 0.418 e. The third kappa shape index (κ3) is 6.67. The van der Waals surface area contributed by atoms with Crippen LogP contribution in [0.5, 0.6) is 11.5 Å². The Morgan fingerprint density at radius 1 is 1.06 bits per heavy atom.